The van der Waals surface area contributed by atoms with Crippen LogP contribution in [0.4, 0.5) is 0 Å². The van der Waals surface area contributed by atoms with Crippen molar-refractivity contribution in [2.45, 2.75) is 43.7 Å². The molecule has 1 aliphatic carbocycles. The van der Waals surface area contributed by atoms with Crippen molar-refractivity contribution in [3.63, 3.8) is 0 Å². The first-order chi connectivity index (χ1) is 17.5. The van der Waals surface area contributed by atoms with Gasteiger partial charge in [-0.3, -0.25) is 9.59 Å². The number of carbonyl (C=O) groups excluding carboxylic acids is 2. The molecule has 1 fully saturated rings. The third kappa shape index (κ3) is 6.70. The molecule has 2 atom stereocenters. The molecule has 0 spiro atoms. The van der Waals surface area contributed by atoms with Crippen molar-refractivity contribution in [1.82, 2.24) is 4.90 Å². The van der Waals surface area contributed by atoms with Crippen LogP contribution >= 0.6 is 12.4 Å². The number of rotatable bonds is 12. The lowest BCUT2D eigenvalue weighted by atomic mass is 9.87. The third-order valence-corrected chi connectivity index (χ3v) is 6.94. The molecule has 0 unspecified atom stereocenters. The smallest absolute Gasteiger partial charge is 0.240 e. The number of benzene rings is 3. The summed E-state index contributed by atoms with van der Waals surface area (Å²) in [6.07, 6.45) is 3.00. The molecular formula is C30H36ClN3O3. The van der Waals surface area contributed by atoms with Crippen LogP contribution < -0.4 is 16.2 Å². The van der Waals surface area contributed by atoms with Crippen molar-refractivity contribution in [3.8, 4) is 5.75 Å². The number of hydrogen-bond donors (Lipinski definition) is 2. The van der Waals surface area contributed by atoms with E-state index in [9.17, 15) is 9.59 Å². The minimum Gasteiger partial charge on any atom is -0.497 e. The Kier molecular flexibility index (Phi) is 10.1. The molecule has 1 aliphatic rings. The van der Waals surface area contributed by atoms with Crippen LogP contribution in [0, 0.1) is 5.92 Å². The van der Waals surface area contributed by atoms with Crippen LogP contribution in [-0.4, -0.2) is 36.4 Å². The van der Waals surface area contributed by atoms with E-state index < -0.39 is 17.9 Å². The van der Waals surface area contributed by atoms with E-state index in [1.54, 1.807) is 12.0 Å². The van der Waals surface area contributed by atoms with Gasteiger partial charge in [0.15, 0.2) is 0 Å². The van der Waals surface area contributed by atoms with Gasteiger partial charge in [0.25, 0.3) is 0 Å². The zero-order valence-electron chi connectivity index (χ0n) is 21.2. The van der Waals surface area contributed by atoms with Gasteiger partial charge in [0.05, 0.1) is 19.1 Å². The molecule has 4 rings (SSSR count). The number of methoxy groups -OCH3 is 1. The average molecular weight is 522 g/mol. The summed E-state index contributed by atoms with van der Waals surface area (Å²) in [7, 11) is 1.63. The summed E-state index contributed by atoms with van der Waals surface area (Å²) in [5, 5.41) is 0. The van der Waals surface area contributed by atoms with E-state index in [4.69, 9.17) is 16.2 Å². The number of amides is 2. The molecule has 0 heterocycles. The van der Waals surface area contributed by atoms with Crippen molar-refractivity contribution < 1.29 is 14.3 Å². The first-order valence-corrected chi connectivity index (χ1v) is 12.6. The summed E-state index contributed by atoms with van der Waals surface area (Å²) < 4.78 is 5.36. The average Bonchev–Trinajstić information content (AvgIpc) is 3.75. The largest absolute Gasteiger partial charge is 0.497 e. The molecule has 0 radical (unpaired) electrons. The molecule has 196 valence electrons. The Labute approximate surface area is 225 Å². The first kappa shape index (κ1) is 28.2. The highest BCUT2D eigenvalue weighted by atomic mass is 35.5. The normalized spacial score (nSPS) is 14.4. The maximum Gasteiger partial charge on any atom is 0.240 e. The summed E-state index contributed by atoms with van der Waals surface area (Å²) in [5.74, 6) is -0.190. The van der Waals surface area contributed by atoms with E-state index in [2.05, 4.69) is 0 Å². The molecule has 37 heavy (non-hydrogen) atoms. The van der Waals surface area contributed by atoms with Gasteiger partial charge in [-0.1, -0.05) is 72.8 Å². The van der Waals surface area contributed by atoms with E-state index in [0.29, 0.717) is 19.4 Å². The van der Waals surface area contributed by atoms with Gasteiger partial charge in [-0.25, -0.2) is 0 Å². The summed E-state index contributed by atoms with van der Waals surface area (Å²) in [6.45, 7) is 0.420. The molecule has 6 nitrogen and oxygen atoms in total. The number of hydrogen-bond acceptors (Lipinski definition) is 4. The molecule has 0 saturated heterocycles. The monoisotopic (exact) mass is 521 g/mol. The minimum atomic E-state index is -0.760. The molecule has 1 saturated carbocycles. The van der Waals surface area contributed by atoms with Crippen molar-refractivity contribution in [2.75, 3.05) is 13.7 Å². The predicted molar refractivity (Wildman–Crippen MR) is 149 cm³/mol. The Morgan fingerprint density at radius 2 is 1.43 bits per heavy atom. The molecule has 0 aromatic heterocycles. The predicted octanol–water partition coefficient (Wildman–Crippen LogP) is 4.82. The number of ether oxygens (including phenoxy) is 1. The van der Waals surface area contributed by atoms with E-state index in [1.165, 1.54) is 0 Å². The standard InChI is InChI=1S/C30H35N3O3.ClH/c1-36-25-18-16-24(17-19-25)28(23-14-15-23)33(26(29(32)34)13-8-20-31)30(35)27(21-9-4-2-5-10-21)22-11-6-3-7-12-22;/h2-7,9-12,16-19,23,26-28H,8,13-15,20,31H2,1H3,(H2,32,34);1H/t26-,28-;/m1./s1. The van der Waals surface area contributed by atoms with Gasteiger partial charge in [-0.05, 0) is 67.0 Å². The highest BCUT2D eigenvalue weighted by Gasteiger charge is 2.45. The second-order valence-corrected chi connectivity index (χ2v) is 9.40. The van der Waals surface area contributed by atoms with Crippen LogP contribution in [0.15, 0.2) is 84.9 Å². The van der Waals surface area contributed by atoms with Gasteiger partial charge in [0.1, 0.15) is 11.8 Å². The van der Waals surface area contributed by atoms with Crippen molar-refractivity contribution in [3.05, 3.63) is 102 Å². The lowest BCUT2D eigenvalue weighted by Gasteiger charge is -2.40. The zero-order chi connectivity index (χ0) is 25.5. The van der Waals surface area contributed by atoms with Crippen molar-refractivity contribution in [1.29, 1.82) is 0 Å². The second-order valence-electron chi connectivity index (χ2n) is 9.40. The van der Waals surface area contributed by atoms with Crippen LogP contribution in [0.2, 0.25) is 0 Å². The SMILES string of the molecule is COc1ccc([C@@H](C2CC2)N(C(=O)C(c2ccccc2)c2ccccc2)[C@H](CCCN)C(N)=O)cc1.Cl. The highest BCUT2D eigenvalue weighted by Crippen LogP contribution is 2.47. The Morgan fingerprint density at radius 1 is 0.892 bits per heavy atom. The molecule has 2 amide bonds. The first-order valence-electron chi connectivity index (χ1n) is 12.6. The Hall–Kier alpha value is -3.35. The maximum absolute atomic E-state index is 14.7. The molecule has 7 heteroatoms. The van der Waals surface area contributed by atoms with Gasteiger partial charge in [-0.2, -0.15) is 0 Å². The zero-order valence-corrected chi connectivity index (χ0v) is 22.0. The fourth-order valence-electron chi connectivity index (χ4n) is 5.00. The van der Waals surface area contributed by atoms with Crippen LogP contribution in [0.5, 0.6) is 5.75 Å². The number of halogens is 1. The Morgan fingerprint density at radius 3 is 1.86 bits per heavy atom. The van der Waals surface area contributed by atoms with E-state index in [0.717, 1.165) is 35.3 Å². The highest BCUT2D eigenvalue weighted by molar-refractivity contribution is 5.92. The Balaban J connectivity index is 0.00000380. The van der Waals surface area contributed by atoms with Gasteiger partial charge >= 0.3 is 0 Å². The van der Waals surface area contributed by atoms with Crippen LogP contribution in [0.3, 0.4) is 0 Å². The summed E-state index contributed by atoms with van der Waals surface area (Å²) in [4.78, 5) is 29.4. The van der Waals surface area contributed by atoms with Gasteiger partial charge in [-0.15, -0.1) is 12.4 Å². The summed E-state index contributed by atoms with van der Waals surface area (Å²) in [5.41, 5.74) is 14.5. The van der Waals surface area contributed by atoms with E-state index in [1.807, 2.05) is 84.9 Å². The minimum absolute atomic E-state index is 0. The van der Waals surface area contributed by atoms with E-state index in [-0.39, 0.29) is 30.3 Å². The van der Waals surface area contributed by atoms with E-state index >= 15 is 0 Å². The fraction of sp³-hybridized carbons (Fsp3) is 0.333. The van der Waals surface area contributed by atoms with Gasteiger partial charge < -0.3 is 21.1 Å². The quantitative estimate of drug-likeness (QED) is 0.357. The summed E-state index contributed by atoms with van der Waals surface area (Å²) in [6, 6.07) is 26.2. The van der Waals surface area contributed by atoms with Gasteiger partial charge in [0.2, 0.25) is 11.8 Å². The summed E-state index contributed by atoms with van der Waals surface area (Å²) >= 11 is 0. The molecule has 0 bridgehead atoms. The number of primary amides is 1. The van der Waals surface area contributed by atoms with Crippen molar-refractivity contribution >= 4 is 24.2 Å². The van der Waals surface area contributed by atoms with Crippen molar-refractivity contribution in [2.24, 2.45) is 17.4 Å². The third-order valence-electron chi connectivity index (χ3n) is 6.94. The van der Waals surface area contributed by atoms with Crippen LogP contribution in [0.25, 0.3) is 0 Å². The number of nitrogens with zero attached hydrogens (tertiary/aromatic N) is 1. The molecule has 3 aromatic carbocycles. The lowest BCUT2D eigenvalue weighted by Crippen LogP contribution is -2.52. The van der Waals surface area contributed by atoms with Crippen LogP contribution in [-0.2, 0) is 9.59 Å². The lowest BCUT2D eigenvalue weighted by molar-refractivity contribution is -0.144. The van der Waals surface area contributed by atoms with Crippen LogP contribution in [0.1, 0.15) is 54.3 Å². The second kappa shape index (κ2) is 13.3. The van der Waals surface area contributed by atoms with Gasteiger partial charge in [0, 0.05) is 0 Å². The Bertz CT molecular complexity index is 1100. The number of nitrogens with two attached hydrogens (primary N) is 2. The molecular weight excluding hydrogens is 486 g/mol. The fourth-order valence-corrected chi connectivity index (χ4v) is 5.00. The molecule has 3 aromatic rings. The molecule has 4 N–H and O–H groups in total. The number of carbonyl (C=O) groups is 2. The molecule has 0 aliphatic heterocycles. The maximum atomic E-state index is 14.7. The topological polar surface area (TPSA) is 98.7 Å².